The minimum Gasteiger partial charge on any atom is -0.497 e. The monoisotopic (exact) mass is 396 g/mol. The highest BCUT2D eigenvalue weighted by atomic mass is 35.5. The number of anilines is 1. The van der Waals surface area contributed by atoms with E-state index in [0.29, 0.717) is 6.42 Å². The van der Waals surface area contributed by atoms with Crippen LogP contribution in [-0.2, 0) is 10.0 Å². The van der Waals surface area contributed by atoms with Crippen LogP contribution >= 0.6 is 11.6 Å². The van der Waals surface area contributed by atoms with Crippen LogP contribution in [0.5, 0.6) is 5.75 Å². The fraction of sp³-hybridized carbons (Fsp3) is 0.278. The number of carbonyl (C=O) groups is 1. The minimum atomic E-state index is -3.45. The van der Waals surface area contributed by atoms with Crippen LogP contribution in [0, 0.1) is 0 Å². The average Bonchev–Trinajstić information content (AvgIpc) is 2.60. The predicted octanol–water partition coefficient (Wildman–Crippen LogP) is 3.60. The SMILES string of the molecule is CC[C@H](NC(=O)c1cc(NS(C)(=O)=O)ccc1Cl)c1ccc(OC)cc1. The van der Waals surface area contributed by atoms with Crippen LogP contribution in [0.4, 0.5) is 5.69 Å². The number of halogens is 1. The van der Waals surface area contributed by atoms with E-state index in [2.05, 4.69) is 10.0 Å². The minimum absolute atomic E-state index is 0.201. The van der Waals surface area contributed by atoms with E-state index in [1.54, 1.807) is 7.11 Å². The molecular formula is C18H21ClN2O4S. The molecule has 2 rings (SSSR count). The highest BCUT2D eigenvalue weighted by molar-refractivity contribution is 7.92. The standard InChI is InChI=1S/C18H21ClN2O4S/c1-4-17(12-5-8-14(25-2)9-6-12)20-18(22)15-11-13(7-10-16(15)19)21-26(3,23)24/h5-11,17,21H,4H2,1-3H3,(H,20,22)/t17-/m0/s1. The molecule has 0 aromatic heterocycles. The third-order valence-electron chi connectivity index (χ3n) is 3.75. The molecule has 0 aliphatic carbocycles. The van der Waals surface area contributed by atoms with Gasteiger partial charge in [-0.05, 0) is 42.3 Å². The van der Waals surface area contributed by atoms with Gasteiger partial charge in [-0.3, -0.25) is 9.52 Å². The van der Waals surface area contributed by atoms with E-state index in [0.717, 1.165) is 17.6 Å². The van der Waals surface area contributed by atoms with Gasteiger partial charge in [-0.15, -0.1) is 0 Å². The summed E-state index contributed by atoms with van der Waals surface area (Å²) in [6, 6.07) is 11.6. The quantitative estimate of drug-likeness (QED) is 0.748. The fourth-order valence-electron chi connectivity index (χ4n) is 2.47. The van der Waals surface area contributed by atoms with Crippen LogP contribution in [0.3, 0.4) is 0 Å². The Bertz CT molecular complexity index is 883. The lowest BCUT2D eigenvalue weighted by atomic mass is 10.0. The van der Waals surface area contributed by atoms with Crippen molar-refractivity contribution in [3.8, 4) is 5.75 Å². The van der Waals surface area contributed by atoms with Gasteiger partial charge in [0, 0.05) is 5.69 Å². The maximum atomic E-state index is 12.7. The van der Waals surface area contributed by atoms with Crippen molar-refractivity contribution in [3.63, 3.8) is 0 Å². The molecule has 0 unspecified atom stereocenters. The van der Waals surface area contributed by atoms with Gasteiger partial charge >= 0.3 is 0 Å². The van der Waals surface area contributed by atoms with Gasteiger partial charge in [0.2, 0.25) is 10.0 Å². The summed E-state index contributed by atoms with van der Waals surface area (Å²) in [5.41, 5.74) is 1.41. The Hall–Kier alpha value is -2.25. The Kier molecular flexibility index (Phi) is 6.50. The summed E-state index contributed by atoms with van der Waals surface area (Å²) in [7, 11) is -1.86. The number of nitrogens with one attached hydrogen (secondary N) is 2. The molecule has 0 spiro atoms. The molecule has 140 valence electrons. The Morgan fingerprint density at radius 2 is 1.85 bits per heavy atom. The highest BCUT2D eigenvalue weighted by Gasteiger charge is 2.17. The maximum Gasteiger partial charge on any atom is 0.253 e. The van der Waals surface area contributed by atoms with E-state index in [9.17, 15) is 13.2 Å². The molecule has 0 saturated heterocycles. The van der Waals surface area contributed by atoms with Gasteiger partial charge in [0.15, 0.2) is 0 Å². The Balaban J connectivity index is 2.22. The highest BCUT2D eigenvalue weighted by Crippen LogP contribution is 2.24. The second-order valence-electron chi connectivity index (χ2n) is 5.78. The largest absolute Gasteiger partial charge is 0.497 e. The van der Waals surface area contributed by atoms with Crippen LogP contribution in [0.1, 0.15) is 35.3 Å². The molecule has 2 aromatic carbocycles. The molecule has 2 aromatic rings. The first-order valence-electron chi connectivity index (χ1n) is 7.95. The summed E-state index contributed by atoms with van der Waals surface area (Å²) in [6.45, 7) is 1.96. The molecule has 0 saturated carbocycles. The second-order valence-corrected chi connectivity index (χ2v) is 7.93. The van der Waals surface area contributed by atoms with Gasteiger partial charge in [0.1, 0.15) is 5.75 Å². The zero-order valence-corrected chi connectivity index (χ0v) is 16.3. The summed E-state index contributed by atoms with van der Waals surface area (Å²) < 4.78 is 30.2. The predicted molar refractivity (Wildman–Crippen MR) is 103 cm³/mol. The number of amides is 1. The molecule has 0 aliphatic heterocycles. The fourth-order valence-corrected chi connectivity index (χ4v) is 3.23. The summed E-state index contributed by atoms with van der Waals surface area (Å²) in [4.78, 5) is 12.7. The van der Waals surface area contributed by atoms with Crippen molar-refractivity contribution >= 4 is 33.2 Å². The molecule has 0 heterocycles. The summed E-state index contributed by atoms with van der Waals surface area (Å²) in [6.07, 6.45) is 1.72. The number of ether oxygens (including phenoxy) is 1. The molecular weight excluding hydrogens is 376 g/mol. The summed E-state index contributed by atoms with van der Waals surface area (Å²) in [5, 5.41) is 3.17. The molecule has 8 heteroatoms. The maximum absolute atomic E-state index is 12.7. The molecule has 0 aliphatic rings. The van der Waals surface area contributed by atoms with Crippen LogP contribution < -0.4 is 14.8 Å². The molecule has 6 nitrogen and oxygen atoms in total. The first kappa shape index (κ1) is 20.1. The van der Waals surface area contributed by atoms with Crippen molar-refractivity contribution in [1.29, 1.82) is 0 Å². The van der Waals surface area contributed by atoms with E-state index in [4.69, 9.17) is 16.3 Å². The van der Waals surface area contributed by atoms with Crippen LogP contribution in [0.25, 0.3) is 0 Å². The van der Waals surface area contributed by atoms with Gasteiger partial charge in [0.05, 0.1) is 30.0 Å². The lowest BCUT2D eigenvalue weighted by Crippen LogP contribution is -2.28. The van der Waals surface area contributed by atoms with Crippen molar-refractivity contribution in [2.24, 2.45) is 0 Å². The molecule has 0 fully saturated rings. The van der Waals surface area contributed by atoms with Gasteiger partial charge in [-0.2, -0.15) is 0 Å². The van der Waals surface area contributed by atoms with Crippen LogP contribution in [-0.4, -0.2) is 27.7 Å². The van der Waals surface area contributed by atoms with E-state index >= 15 is 0 Å². The lowest BCUT2D eigenvalue weighted by molar-refractivity contribution is 0.0935. The molecule has 2 N–H and O–H groups in total. The summed E-state index contributed by atoms with van der Waals surface area (Å²) >= 11 is 6.12. The molecule has 1 amide bonds. The molecule has 0 radical (unpaired) electrons. The Morgan fingerprint density at radius 3 is 2.38 bits per heavy atom. The number of sulfonamides is 1. The average molecular weight is 397 g/mol. The van der Waals surface area contributed by atoms with Crippen molar-refractivity contribution in [1.82, 2.24) is 5.32 Å². The number of methoxy groups -OCH3 is 1. The van der Waals surface area contributed by atoms with E-state index < -0.39 is 10.0 Å². The summed E-state index contributed by atoms with van der Waals surface area (Å²) in [5.74, 6) is 0.354. The first-order chi connectivity index (χ1) is 12.2. The van der Waals surface area contributed by atoms with Gasteiger partial charge < -0.3 is 10.1 Å². The van der Waals surface area contributed by atoms with E-state index in [1.165, 1.54) is 18.2 Å². The number of hydrogen-bond acceptors (Lipinski definition) is 4. The van der Waals surface area contributed by atoms with E-state index in [1.807, 2.05) is 31.2 Å². The van der Waals surface area contributed by atoms with Crippen LogP contribution in [0.15, 0.2) is 42.5 Å². The number of benzene rings is 2. The van der Waals surface area contributed by atoms with Crippen LogP contribution in [0.2, 0.25) is 5.02 Å². The van der Waals surface area contributed by atoms with E-state index in [-0.39, 0.29) is 28.2 Å². The third-order valence-corrected chi connectivity index (χ3v) is 4.68. The molecule has 26 heavy (non-hydrogen) atoms. The van der Waals surface area contributed by atoms with Gasteiger partial charge in [-0.25, -0.2) is 8.42 Å². The number of rotatable bonds is 7. The van der Waals surface area contributed by atoms with Gasteiger partial charge in [0.25, 0.3) is 5.91 Å². The zero-order valence-electron chi connectivity index (χ0n) is 14.7. The van der Waals surface area contributed by atoms with Crippen molar-refractivity contribution in [2.45, 2.75) is 19.4 Å². The Morgan fingerprint density at radius 1 is 1.19 bits per heavy atom. The zero-order chi connectivity index (χ0) is 19.3. The smallest absolute Gasteiger partial charge is 0.253 e. The molecule has 0 bridgehead atoms. The number of carbonyl (C=O) groups excluding carboxylic acids is 1. The number of hydrogen-bond donors (Lipinski definition) is 2. The second kappa shape index (κ2) is 8.42. The van der Waals surface area contributed by atoms with Crippen molar-refractivity contribution in [2.75, 3.05) is 18.1 Å². The lowest BCUT2D eigenvalue weighted by Gasteiger charge is -2.18. The molecule has 1 atom stereocenters. The third kappa shape index (κ3) is 5.37. The Labute approximate surface area is 158 Å². The topological polar surface area (TPSA) is 84.5 Å². The van der Waals surface area contributed by atoms with Crippen molar-refractivity contribution in [3.05, 3.63) is 58.6 Å². The first-order valence-corrected chi connectivity index (χ1v) is 10.2. The van der Waals surface area contributed by atoms with Gasteiger partial charge in [-0.1, -0.05) is 30.7 Å². The van der Waals surface area contributed by atoms with Crippen molar-refractivity contribution < 1.29 is 17.9 Å². The normalized spacial score (nSPS) is 12.3.